The maximum absolute atomic E-state index is 7.59. The van der Waals surface area contributed by atoms with Crippen LogP contribution in [0.4, 0.5) is 0 Å². The zero-order valence-electron chi connectivity index (χ0n) is 9.36. The summed E-state index contributed by atoms with van der Waals surface area (Å²) in [6, 6.07) is -0.825. The number of aryl methyl sites for hydroxylation is 1. The Morgan fingerprint density at radius 1 is 1.50 bits per heavy atom. The van der Waals surface area contributed by atoms with E-state index in [1.54, 1.807) is 6.92 Å². The first-order valence-electron chi connectivity index (χ1n) is 4.86. The summed E-state index contributed by atoms with van der Waals surface area (Å²) in [7, 11) is 0. The van der Waals surface area contributed by atoms with Crippen LogP contribution in [0.15, 0.2) is 28.7 Å². The molecule has 0 unspecified atom stereocenters. The van der Waals surface area contributed by atoms with E-state index in [1.165, 1.54) is 0 Å². The van der Waals surface area contributed by atoms with Crippen molar-refractivity contribution in [2.75, 3.05) is 0 Å². The van der Waals surface area contributed by atoms with E-state index < -0.39 is 0 Å². The van der Waals surface area contributed by atoms with Gasteiger partial charge in [0.2, 0.25) is 0 Å². The van der Waals surface area contributed by atoms with E-state index in [1.807, 2.05) is 0 Å². The molecule has 0 aliphatic carbocycles. The Hall–Kier alpha value is -1.31. The Labute approximate surface area is 64.1 Å². The van der Waals surface area contributed by atoms with Crippen LogP contribution in [-0.4, -0.2) is 5.16 Å². The minimum atomic E-state index is -0.293. The molecule has 0 N–H and O–H groups in total. The average molecular weight is 137 g/mol. The summed E-state index contributed by atoms with van der Waals surface area (Å²) in [6.45, 7) is 1.65. The van der Waals surface area contributed by atoms with Crippen LogP contribution in [0.1, 0.15) is 11.2 Å². The summed E-state index contributed by atoms with van der Waals surface area (Å²) in [5.41, 5.74) is 0.598. The number of nitrogens with zero attached hydrogens (tertiary/aromatic N) is 1. The summed E-state index contributed by atoms with van der Waals surface area (Å²) in [5, 5.41) is 3.98. The first kappa shape index (κ1) is 2.74. The molecule has 0 bridgehead atoms. The third-order valence-electron chi connectivity index (χ3n) is 1.29. The fourth-order valence-corrected chi connectivity index (χ4v) is 0.784. The molecule has 10 heavy (non-hydrogen) atoms. The maximum atomic E-state index is 7.59. The monoisotopic (exact) mass is 137 g/mol. The third-order valence-corrected chi connectivity index (χ3v) is 1.29. The van der Waals surface area contributed by atoms with E-state index in [2.05, 4.69) is 5.16 Å². The first-order valence-corrected chi connectivity index (χ1v) is 2.86. The summed E-state index contributed by atoms with van der Waals surface area (Å²) in [4.78, 5) is 0. The second-order valence-corrected chi connectivity index (χ2v) is 1.97. The fraction of sp³-hybridized carbons (Fsp3) is 0.125. The van der Waals surface area contributed by atoms with Gasteiger partial charge in [-0.15, -0.1) is 0 Å². The maximum Gasteiger partial charge on any atom is 0.167 e. The molecule has 0 amide bonds. The van der Waals surface area contributed by atoms with E-state index in [0.29, 0.717) is 11.1 Å². The molecule has 0 aliphatic heterocycles. The number of hydrogen-bond donors (Lipinski definition) is 0. The summed E-state index contributed by atoms with van der Waals surface area (Å²) in [5.74, 6) is 0. The molecule has 0 spiro atoms. The summed E-state index contributed by atoms with van der Waals surface area (Å²) in [6.07, 6.45) is 0. The van der Waals surface area contributed by atoms with Gasteiger partial charge in [-0.3, -0.25) is 0 Å². The van der Waals surface area contributed by atoms with Crippen molar-refractivity contribution in [3.05, 3.63) is 29.9 Å². The molecular formula is C8H7NO. The van der Waals surface area contributed by atoms with Crippen LogP contribution < -0.4 is 0 Å². The van der Waals surface area contributed by atoms with Crippen molar-refractivity contribution in [1.29, 1.82) is 0 Å². The number of benzene rings is 1. The summed E-state index contributed by atoms with van der Waals surface area (Å²) < 4.78 is 34.8. The summed E-state index contributed by atoms with van der Waals surface area (Å²) >= 11 is 0. The number of hydrogen-bond acceptors (Lipinski definition) is 2. The Morgan fingerprint density at radius 3 is 3.20 bits per heavy atom. The van der Waals surface area contributed by atoms with Crippen molar-refractivity contribution in [2.24, 2.45) is 0 Å². The van der Waals surface area contributed by atoms with Gasteiger partial charge in [0.25, 0.3) is 0 Å². The highest BCUT2D eigenvalue weighted by atomic mass is 16.5. The van der Waals surface area contributed by atoms with Crippen molar-refractivity contribution in [3.63, 3.8) is 0 Å². The minimum Gasteiger partial charge on any atom is -0.356 e. The van der Waals surface area contributed by atoms with Crippen LogP contribution in [0, 0.1) is 6.92 Å². The molecule has 1 aromatic carbocycles. The predicted molar refractivity (Wildman–Crippen MR) is 38.7 cm³/mol. The molecule has 1 heterocycles. The van der Waals surface area contributed by atoms with Crippen molar-refractivity contribution in [2.45, 2.75) is 6.92 Å². The second-order valence-electron chi connectivity index (χ2n) is 1.97. The van der Waals surface area contributed by atoms with Gasteiger partial charge in [0.15, 0.2) is 5.58 Å². The van der Waals surface area contributed by atoms with Crippen molar-refractivity contribution < 1.29 is 10.0 Å². The van der Waals surface area contributed by atoms with Gasteiger partial charge in [-0.2, -0.15) is 0 Å². The molecule has 0 atom stereocenters. The third kappa shape index (κ3) is 0.620. The van der Waals surface area contributed by atoms with Crippen molar-refractivity contribution >= 4 is 11.0 Å². The number of para-hydroxylation sites is 1. The zero-order valence-corrected chi connectivity index (χ0v) is 5.36. The average Bonchev–Trinajstić information content (AvgIpc) is 2.54. The Balaban J connectivity index is 3.05. The quantitative estimate of drug-likeness (QED) is 0.556. The highest BCUT2D eigenvalue weighted by molar-refractivity contribution is 5.78. The van der Waals surface area contributed by atoms with E-state index >= 15 is 0 Å². The van der Waals surface area contributed by atoms with E-state index in [-0.39, 0.29) is 29.8 Å². The molecule has 2 aromatic rings. The molecule has 2 nitrogen and oxygen atoms in total. The predicted octanol–water partition coefficient (Wildman–Crippen LogP) is 2.14. The lowest BCUT2D eigenvalue weighted by Crippen LogP contribution is -1.66. The van der Waals surface area contributed by atoms with Crippen LogP contribution >= 0.6 is 0 Å². The minimum absolute atomic E-state index is 0.0975. The number of rotatable bonds is 0. The van der Waals surface area contributed by atoms with Crippen LogP contribution in [0.3, 0.4) is 0 Å². The van der Waals surface area contributed by atoms with Crippen molar-refractivity contribution in [1.82, 2.24) is 5.16 Å². The van der Waals surface area contributed by atoms with Crippen LogP contribution in [0.2, 0.25) is 0 Å². The first-order chi connectivity index (χ1) is 6.54. The molecule has 2 rings (SSSR count). The topological polar surface area (TPSA) is 26.0 Å². The van der Waals surface area contributed by atoms with E-state index in [0.717, 1.165) is 0 Å². The molecule has 0 fully saturated rings. The van der Waals surface area contributed by atoms with Crippen LogP contribution in [0.25, 0.3) is 11.0 Å². The van der Waals surface area contributed by atoms with Crippen LogP contribution in [-0.2, 0) is 0 Å². The fourth-order valence-electron chi connectivity index (χ4n) is 0.784. The van der Waals surface area contributed by atoms with Gasteiger partial charge in [0, 0.05) is 5.39 Å². The van der Waals surface area contributed by atoms with E-state index in [4.69, 9.17) is 10.0 Å². The molecule has 50 valence electrons. The van der Waals surface area contributed by atoms with Gasteiger partial charge < -0.3 is 4.52 Å². The lowest BCUT2D eigenvalue weighted by Gasteiger charge is -1.82. The van der Waals surface area contributed by atoms with Gasteiger partial charge in [-0.1, -0.05) is 17.2 Å². The van der Waals surface area contributed by atoms with Gasteiger partial charge in [0.1, 0.15) is 0 Å². The highest BCUT2D eigenvalue weighted by Crippen LogP contribution is 2.15. The normalized spacial score (nSPS) is 16.1. The van der Waals surface area contributed by atoms with Gasteiger partial charge in [-0.25, -0.2) is 0 Å². The van der Waals surface area contributed by atoms with Crippen molar-refractivity contribution in [3.8, 4) is 0 Å². The molecule has 2 heteroatoms. The zero-order chi connectivity index (χ0) is 10.5. The SMILES string of the molecule is [2H]c1c([2H])c([2H])c2c(C)noc2c1[2H]. The van der Waals surface area contributed by atoms with Gasteiger partial charge in [-0.05, 0) is 19.0 Å². The van der Waals surface area contributed by atoms with E-state index in [9.17, 15) is 0 Å². The number of aromatic nitrogens is 1. The molecule has 0 aliphatic rings. The Morgan fingerprint density at radius 2 is 2.30 bits per heavy atom. The smallest absolute Gasteiger partial charge is 0.167 e. The number of fused-ring (bicyclic) bond motifs is 1. The lowest BCUT2D eigenvalue weighted by molar-refractivity contribution is 0.450. The molecule has 0 radical (unpaired) electrons. The highest BCUT2D eigenvalue weighted by Gasteiger charge is 1.99. The van der Waals surface area contributed by atoms with Gasteiger partial charge >= 0.3 is 0 Å². The molecular weight excluding hydrogens is 126 g/mol. The van der Waals surface area contributed by atoms with Gasteiger partial charge in [0.05, 0.1) is 11.2 Å². The standard InChI is InChI=1S/C8H7NO/c1-6-7-4-2-3-5-8(7)10-9-6/h2-5H,1H3/i2D,3D,4D,5D. The molecule has 0 saturated heterocycles. The molecule has 0 saturated carbocycles. The Kier molecular flexibility index (Phi) is 0.504. The lowest BCUT2D eigenvalue weighted by atomic mass is 10.2. The largest absolute Gasteiger partial charge is 0.356 e. The molecule has 1 aromatic heterocycles. The van der Waals surface area contributed by atoms with Crippen LogP contribution in [0.5, 0.6) is 0 Å². The Bertz CT molecular complexity index is 520. The second kappa shape index (κ2) is 1.84.